The van der Waals surface area contributed by atoms with Crippen LogP contribution in [0.25, 0.3) is 10.9 Å². The fraction of sp³-hybridized carbons (Fsp3) is 0.200. The number of nitrogens with one attached hydrogen (secondary N) is 1. The second kappa shape index (κ2) is 7.72. The van der Waals surface area contributed by atoms with Crippen molar-refractivity contribution in [3.05, 3.63) is 65.3 Å². The lowest BCUT2D eigenvalue weighted by molar-refractivity contribution is 0.122. The van der Waals surface area contributed by atoms with Gasteiger partial charge in [0, 0.05) is 35.4 Å². The van der Waals surface area contributed by atoms with E-state index in [1.54, 1.807) is 6.20 Å². The summed E-state index contributed by atoms with van der Waals surface area (Å²) in [7, 11) is 0. The van der Waals surface area contributed by atoms with Gasteiger partial charge in [-0.2, -0.15) is 5.10 Å². The zero-order valence-corrected chi connectivity index (χ0v) is 15.0. The molecular formula is C20H19ClN4O. The van der Waals surface area contributed by atoms with Gasteiger partial charge in [-0.1, -0.05) is 23.7 Å². The van der Waals surface area contributed by atoms with Crippen molar-refractivity contribution in [2.75, 3.05) is 36.6 Å². The molecule has 0 radical (unpaired) electrons. The van der Waals surface area contributed by atoms with Gasteiger partial charge < -0.3 is 9.64 Å². The van der Waals surface area contributed by atoms with Gasteiger partial charge in [0.05, 0.1) is 30.6 Å². The summed E-state index contributed by atoms with van der Waals surface area (Å²) in [6.45, 7) is 3.46. The van der Waals surface area contributed by atoms with Gasteiger partial charge in [0.15, 0.2) is 0 Å². The summed E-state index contributed by atoms with van der Waals surface area (Å²) in [5.41, 5.74) is 7.09. The molecule has 0 bridgehead atoms. The molecule has 2 aromatic carbocycles. The summed E-state index contributed by atoms with van der Waals surface area (Å²) in [6.07, 6.45) is 3.55. The molecule has 0 saturated carbocycles. The molecule has 3 aromatic rings. The standard InChI is InChI=1S/C20H19ClN4O/c21-16-3-6-18-19(7-8-22-20(18)13-16)24-23-14-15-1-4-17(5-2-15)25-9-11-26-12-10-25/h1-8,13-14H,9-12H2,(H,22,24). The van der Waals surface area contributed by atoms with E-state index in [0.29, 0.717) is 5.02 Å². The number of morpholine rings is 1. The van der Waals surface area contributed by atoms with Crippen molar-refractivity contribution in [1.82, 2.24) is 4.98 Å². The molecular weight excluding hydrogens is 348 g/mol. The van der Waals surface area contributed by atoms with Crippen LogP contribution < -0.4 is 10.3 Å². The fourth-order valence-electron chi connectivity index (χ4n) is 2.99. The van der Waals surface area contributed by atoms with Crippen molar-refractivity contribution in [3.8, 4) is 0 Å². The van der Waals surface area contributed by atoms with Gasteiger partial charge in [-0.15, -0.1) is 0 Å². The second-order valence-electron chi connectivity index (χ2n) is 6.08. The number of halogens is 1. The number of benzene rings is 2. The number of hydrogen-bond acceptors (Lipinski definition) is 5. The fourth-order valence-corrected chi connectivity index (χ4v) is 3.15. The monoisotopic (exact) mass is 366 g/mol. The zero-order valence-electron chi connectivity index (χ0n) is 14.2. The lowest BCUT2D eigenvalue weighted by atomic mass is 10.2. The van der Waals surface area contributed by atoms with Crippen LogP contribution in [0.2, 0.25) is 5.02 Å². The molecule has 26 heavy (non-hydrogen) atoms. The highest BCUT2D eigenvalue weighted by Gasteiger charge is 2.10. The van der Waals surface area contributed by atoms with Crippen molar-refractivity contribution < 1.29 is 4.74 Å². The van der Waals surface area contributed by atoms with E-state index in [-0.39, 0.29) is 0 Å². The van der Waals surface area contributed by atoms with Crippen LogP contribution in [0, 0.1) is 0 Å². The van der Waals surface area contributed by atoms with Gasteiger partial charge in [0.25, 0.3) is 0 Å². The van der Waals surface area contributed by atoms with Crippen LogP contribution >= 0.6 is 11.6 Å². The van der Waals surface area contributed by atoms with Crippen molar-refractivity contribution in [1.29, 1.82) is 0 Å². The maximum atomic E-state index is 6.02. The summed E-state index contributed by atoms with van der Waals surface area (Å²) < 4.78 is 5.39. The molecule has 1 N–H and O–H groups in total. The third-order valence-corrected chi connectivity index (χ3v) is 4.61. The van der Waals surface area contributed by atoms with Crippen LogP contribution in [0.3, 0.4) is 0 Å². The highest BCUT2D eigenvalue weighted by atomic mass is 35.5. The van der Waals surface area contributed by atoms with E-state index < -0.39 is 0 Å². The van der Waals surface area contributed by atoms with E-state index in [2.05, 4.69) is 44.7 Å². The average Bonchev–Trinajstić information content (AvgIpc) is 2.69. The Kier molecular flexibility index (Phi) is 5.00. The number of ether oxygens (including phenoxy) is 1. The first-order valence-corrected chi connectivity index (χ1v) is 8.93. The molecule has 0 atom stereocenters. The average molecular weight is 367 g/mol. The highest BCUT2D eigenvalue weighted by Crippen LogP contribution is 2.24. The molecule has 1 aliphatic heterocycles. The third kappa shape index (κ3) is 3.79. The van der Waals surface area contributed by atoms with Crippen LogP contribution in [0.5, 0.6) is 0 Å². The summed E-state index contributed by atoms with van der Waals surface area (Å²) in [6, 6.07) is 15.9. The Morgan fingerprint density at radius 1 is 1.08 bits per heavy atom. The van der Waals surface area contributed by atoms with Crippen LogP contribution in [-0.2, 0) is 4.74 Å². The van der Waals surface area contributed by atoms with E-state index in [9.17, 15) is 0 Å². The summed E-state index contributed by atoms with van der Waals surface area (Å²) in [4.78, 5) is 6.66. The molecule has 6 heteroatoms. The van der Waals surface area contributed by atoms with E-state index in [0.717, 1.165) is 48.5 Å². The predicted molar refractivity (Wildman–Crippen MR) is 107 cm³/mol. The highest BCUT2D eigenvalue weighted by molar-refractivity contribution is 6.31. The van der Waals surface area contributed by atoms with Gasteiger partial charge in [-0.05, 0) is 42.0 Å². The molecule has 0 amide bonds. The van der Waals surface area contributed by atoms with Crippen molar-refractivity contribution >= 4 is 40.1 Å². The molecule has 1 aromatic heterocycles. The van der Waals surface area contributed by atoms with Gasteiger partial charge >= 0.3 is 0 Å². The van der Waals surface area contributed by atoms with Crippen LogP contribution in [-0.4, -0.2) is 37.5 Å². The second-order valence-corrected chi connectivity index (χ2v) is 6.52. The first-order chi connectivity index (χ1) is 12.8. The van der Waals surface area contributed by atoms with E-state index in [1.807, 2.05) is 30.5 Å². The Morgan fingerprint density at radius 3 is 2.69 bits per heavy atom. The molecule has 4 rings (SSSR count). The minimum atomic E-state index is 0.672. The van der Waals surface area contributed by atoms with Crippen molar-refractivity contribution in [2.24, 2.45) is 5.10 Å². The molecule has 1 saturated heterocycles. The number of hydrazone groups is 1. The SMILES string of the molecule is Clc1ccc2c(NN=Cc3ccc(N4CCOCC4)cc3)ccnc2c1. The number of hydrogen-bond donors (Lipinski definition) is 1. The largest absolute Gasteiger partial charge is 0.378 e. The Balaban J connectivity index is 1.45. The minimum absolute atomic E-state index is 0.672. The zero-order chi connectivity index (χ0) is 17.8. The van der Waals surface area contributed by atoms with E-state index in [1.165, 1.54) is 5.69 Å². The van der Waals surface area contributed by atoms with Gasteiger partial charge in [0.1, 0.15) is 0 Å². The van der Waals surface area contributed by atoms with Crippen molar-refractivity contribution in [3.63, 3.8) is 0 Å². The molecule has 2 heterocycles. The molecule has 0 aliphatic carbocycles. The third-order valence-electron chi connectivity index (χ3n) is 4.37. The number of nitrogens with zero attached hydrogens (tertiary/aromatic N) is 3. The maximum Gasteiger partial charge on any atom is 0.0738 e. The number of aromatic nitrogens is 1. The maximum absolute atomic E-state index is 6.02. The van der Waals surface area contributed by atoms with Crippen LogP contribution in [0.15, 0.2) is 59.8 Å². The normalized spacial score (nSPS) is 14.9. The number of pyridine rings is 1. The summed E-state index contributed by atoms with van der Waals surface area (Å²) >= 11 is 6.02. The smallest absolute Gasteiger partial charge is 0.0738 e. The Labute approximate surface area is 157 Å². The minimum Gasteiger partial charge on any atom is -0.378 e. The molecule has 5 nitrogen and oxygen atoms in total. The van der Waals surface area contributed by atoms with Crippen LogP contribution in [0.1, 0.15) is 5.56 Å². The summed E-state index contributed by atoms with van der Waals surface area (Å²) in [5.74, 6) is 0. The lowest BCUT2D eigenvalue weighted by Gasteiger charge is -2.28. The van der Waals surface area contributed by atoms with Crippen LogP contribution in [0.4, 0.5) is 11.4 Å². The Bertz CT molecular complexity index is 921. The Morgan fingerprint density at radius 2 is 1.88 bits per heavy atom. The molecule has 132 valence electrons. The molecule has 0 unspecified atom stereocenters. The van der Waals surface area contributed by atoms with E-state index >= 15 is 0 Å². The van der Waals surface area contributed by atoms with E-state index in [4.69, 9.17) is 16.3 Å². The molecule has 1 aliphatic rings. The first kappa shape index (κ1) is 16.8. The van der Waals surface area contributed by atoms with Gasteiger partial charge in [0.2, 0.25) is 0 Å². The quantitative estimate of drug-likeness (QED) is 0.556. The molecule has 0 spiro atoms. The van der Waals surface area contributed by atoms with Crippen molar-refractivity contribution in [2.45, 2.75) is 0 Å². The number of fused-ring (bicyclic) bond motifs is 1. The lowest BCUT2D eigenvalue weighted by Crippen LogP contribution is -2.36. The molecule has 1 fully saturated rings. The predicted octanol–water partition coefficient (Wildman–Crippen LogP) is 4.17. The number of anilines is 2. The van der Waals surface area contributed by atoms with Gasteiger partial charge in [-0.3, -0.25) is 10.4 Å². The number of rotatable bonds is 4. The summed E-state index contributed by atoms with van der Waals surface area (Å²) in [5, 5.41) is 6.01. The Hall–Kier alpha value is -2.63. The topological polar surface area (TPSA) is 49.8 Å². The first-order valence-electron chi connectivity index (χ1n) is 8.56. The van der Waals surface area contributed by atoms with Gasteiger partial charge in [-0.25, -0.2) is 0 Å².